The van der Waals surface area contributed by atoms with E-state index in [0.29, 0.717) is 0 Å². The number of halogens is 1. The van der Waals surface area contributed by atoms with Crippen LogP contribution >= 0.6 is 0 Å². The van der Waals surface area contributed by atoms with Gasteiger partial charge in [-0.05, 0) is 40.6 Å². The number of hydrogen-bond donors (Lipinski definition) is 0. The number of fused-ring (bicyclic) bond motifs is 3. The maximum absolute atomic E-state index is 13.4. The van der Waals surface area contributed by atoms with Gasteiger partial charge < -0.3 is 0 Å². The molecule has 0 aliphatic carbocycles. The summed E-state index contributed by atoms with van der Waals surface area (Å²) in [6.45, 7) is 6.80. The van der Waals surface area contributed by atoms with Crippen LogP contribution in [0.3, 0.4) is 0 Å². The average molecular weight is 242 g/mol. The zero-order valence-electron chi connectivity index (χ0n) is 10.3. The molecule has 0 radical (unpaired) electrons. The molecule has 3 rings (SSSR count). The molecule has 1 heterocycles. The summed E-state index contributed by atoms with van der Waals surface area (Å²) in [5.41, 5.74) is 3.64. The fraction of sp³-hybridized carbons (Fsp3) is 0.200. The summed E-state index contributed by atoms with van der Waals surface area (Å²) in [7, 11) is -1.60. The Morgan fingerprint density at radius 1 is 0.882 bits per heavy atom. The minimum Gasteiger partial charge on any atom is -0.207 e. The van der Waals surface area contributed by atoms with Gasteiger partial charge in [0.15, 0.2) is 0 Å². The molecule has 2 heteroatoms. The first-order valence-electron chi connectivity index (χ1n) is 5.92. The second-order valence-electron chi connectivity index (χ2n) is 5.36. The Balaban J connectivity index is 2.38. The molecule has 2 aromatic rings. The van der Waals surface area contributed by atoms with Gasteiger partial charge in [0.25, 0.3) is 0 Å². The zero-order chi connectivity index (χ0) is 12.2. The Bertz CT molecular complexity index is 614. The van der Waals surface area contributed by atoms with Gasteiger partial charge in [-0.1, -0.05) is 42.9 Å². The molecule has 1 aliphatic rings. The van der Waals surface area contributed by atoms with Gasteiger partial charge in [0.2, 0.25) is 0 Å². The predicted octanol–water partition coefficient (Wildman–Crippen LogP) is 2.94. The second kappa shape index (κ2) is 3.30. The minimum atomic E-state index is -1.60. The summed E-state index contributed by atoms with van der Waals surface area (Å²) in [4.78, 5) is 0. The lowest BCUT2D eigenvalue weighted by molar-refractivity contribution is 0.629. The van der Waals surface area contributed by atoms with E-state index in [1.54, 1.807) is 12.1 Å². The molecule has 0 unspecified atom stereocenters. The van der Waals surface area contributed by atoms with Crippen LogP contribution in [-0.4, -0.2) is 8.07 Å². The van der Waals surface area contributed by atoms with Crippen molar-refractivity contribution in [2.75, 3.05) is 0 Å². The number of hydrogen-bond acceptors (Lipinski definition) is 0. The van der Waals surface area contributed by atoms with Crippen molar-refractivity contribution in [3.05, 3.63) is 47.8 Å². The summed E-state index contributed by atoms with van der Waals surface area (Å²) in [5, 5.41) is 2.80. The van der Waals surface area contributed by atoms with Crippen molar-refractivity contribution in [2.45, 2.75) is 20.0 Å². The monoisotopic (exact) mass is 242 g/mol. The van der Waals surface area contributed by atoms with Gasteiger partial charge in [-0.3, -0.25) is 0 Å². The molecule has 2 aromatic carbocycles. The van der Waals surface area contributed by atoms with Crippen molar-refractivity contribution >= 4 is 18.4 Å². The van der Waals surface area contributed by atoms with E-state index < -0.39 is 8.07 Å². The van der Waals surface area contributed by atoms with Crippen LogP contribution in [0.25, 0.3) is 11.1 Å². The molecule has 0 amide bonds. The molecule has 0 saturated carbocycles. The van der Waals surface area contributed by atoms with Crippen molar-refractivity contribution < 1.29 is 4.39 Å². The highest BCUT2D eigenvalue weighted by molar-refractivity contribution is 7.03. The van der Waals surface area contributed by atoms with E-state index >= 15 is 0 Å². The predicted molar refractivity (Wildman–Crippen MR) is 73.3 cm³/mol. The molecule has 0 bridgehead atoms. The second-order valence-corrected chi connectivity index (χ2v) is 9.69. The van der Waals surface area contributed by atoms with Crippen molar-refractivity contribution in [1.82, 2.24) is 0 Å². The van der Waals surface area contributed by atoms with E-state index in [-0.39, 0.29) is 5.82 Å². The summed E-state index contributed by atoms with van der Waals surface area (Å²) in [6.07, 6.45) is 0. The third kappa shape index (κ3) is 1.40. The molecule has 86 valence electrons. The molecule has 0 nitrogen and oxygen atoms in total. The van der Waals surface area contributed by atoms with E-state index in [9.17, 15) is 4.39 Å². The van der Waals surface area contributed by atoms with Crippen LogP contribution in [0, 0.1) is 12.7 Å². The topological polar surface area (TPSA) is 0 Å². The van der Waals surface area contributed by atoms with Crippen molar-refractivity contribution in [3.63, 3.8) is 0 Å². The van der Waals surface area contributed by atoms with Crippen LogP contribution < -0.4 is 10.4 Å². The van der Waals surface area contributed by atoms with Gasteiger partial charge in [0.05, 0.1) is 0 Å². The Morgan fingerprint density at radius 2 is 1.65 bits per heavy atom. The van der Waals surface area contributed by atoms with E-state index in [1.165, 1.54) is 21.5 Å². The molecular formula is C15H15FSi. The summed E-state index contributed by atoms with van der Waals surface area (Å²) >= 11 is 0. The van der Waals surface area contributed by atoms with Crippen LogP contribution in [0.15, 0.2) is 36.4 Å². The molecule has 0 aromatic heterocycles. The van der Waals surface area contributed by atoms with Gasteiger partial charge in [-0.2, -0.15) is 0 Å². The highest BCUT2D eigenvalue weighted by Gasteiger charge is 2.37. The normalized spacial score (nSPS) is 15.5. The molecule has 0 atom stereocenters. The van der Waals surface area contributed by atoms with Crippen LogP contribution in [0.1, 0.15) is 5.56 Å². The maximum atomic E-state index is 13.4. The minimum absolute atomic E-state index is 0.137. The molecule has 17 heavy (non-hydrogen) atoms. The van der Waals surface area contributed by atoms with Crippen LogP contribution in [0.2, 0.25) is 13.1 Å². The summed E-state index contributed by atoms with van der Waals surface area (Å²) in [5.74, 6) is -0.137. The fourth-order valence-electron chi connectivity index (χ4n) is 2.84. The molecule has 1 aliphatic heterocycles. The highest BCUT2D eigenvalue weighted by atomic mass is 28.3. The lowest BCUT2D eigenvalue weighted by Gasteiger charge is -2.18. The molecule has 0 spiro atoms. The Labute approximate surface area is 102 Å². The fourth-order valence-corrected chi connectivity index (χ4v) is 5.99. The number of benzene rings is 2. The summed E-state index contributed by atoms with van der Waals surface area (Å²) in [6, 6.07) is 11.8. The van der Waals surface area contributed by atoms with Gasteiger partial charge in [-0.15, -0.1) is 0 Å². The third-order valence-electron chi connectivity index (χ3n) is 3.79. The Morgan fingerprint density at radius 3 is 2.41 bits per heavy atom. The molecular weight excluding hydrogens is 227 g/mol. The highest BCUT2D eigenvalue weighted by Crippen LogP contribution is 2.28. The van der Waals surface area contributed by atoms with Gasteiger partial charge in [-0.25, -0.2) is 4.39 Å². The third-order valence-corrected chi connectivity index (χ3v) is 7.34. The van der Waals surface area contributed by atoms with Crippen molar-refractivity contribution in [1.29, 1.82) is 0 Å². The maximum Gasteiger partial charge on any atom is 0.123 e. The van der Waals surface area contributed by atoms with Crippen LogP contribution in [-0.2, 0) is 0 Å². The van der Waals surface area contributed by atoms with Gasteiger partial charge in [0, 0.05) is 0 Å². The largest absolute Gasteiger partial charge is 0.207 e. The first-order chi connectivity index (χ1) is 8.00. The number of rotatable bonds is 0. The smallest absolute Gasteiger partial charge is 0.123 e. The average Bonchev–Trinajstić information content (AvgIpc) is 2.48. The van der Waals surface area contributed by atoms with E-state index in [0.717, 1.165) is 5.56 Å². The zero-order valence-corrected chi connectivity index (χ0v) is 11.3. The van der Waals surface area contributed by atoms with Crippen molar-refractivity contribution in [2.24, 2.45) is 0 Å². The molecule has 0 N–H and O–H groups in total. The van der Waals surface area contributed by atoms with E-state index in [2.05, 4.69) is 38.2 Å². The standard InChI is InChI=1S/C15H15FSi/c1-10-4-6-12-13-9-11(16)5-7-14(13)17(2,3)15(12)8-10/h4-9H,1-3H3. The Kier molecular flexibility index (Phi) is 2.08. The van der Waals surface area contributed by atoms with E-state index in [1.807, 2.05) is 6.07 Å². The van der Waals surface area contributed by atoms with Crippen molar-refractivity contribution in [3.8, 4) is 11.1 Å². The lowest BCUT2D eigenvalue weighted by atomic mass is 10.0. The van der Waals surface area contributed by atoms with Gasteiger partial charge >= 0.3 is 0 Å². The van der Waals surface area contributed by atoms with Gasteiger partial charge in [0.1, 0.15) is 13.9 Å². The first kappa shape index (κ1) is 10.7. The number of aryl methyl sites for hydroxylation is 1. The van der Waals surface area contributed by atoms with Crippen LogP contribution in [0.4, 0.5) is 4.39 Å². The molecule has 0 saturated heterocycles. The van der Waals surface area contributed by atoms with Crippen LogP contribution in [0.5, 0.6) is 0 Å². The molecule has 0 fully saturated rings. The quantitative estimate of drug-likeness (QED) is 0.623. The first-order valence-corrected chi connectivity index (χ1v) is 8.92. The summed E-state index contributed by atoms with van der Waals surface area (Å²) < 4.78 is 13.4. The SMILES string of the molecule is Cc1ccc2c(c1)[Si](C)(C)c1ccc(F)cc1-2. The Hall–Kier alpha value is -1.41. The lowest BCUT2D eigenvalue weighted by Crippen LogP contribution is -2.49. The van der Waals surface area contributed by atoms with E-state index in [4.69, 9.17) is 0 Å².